The topological polar surface area (TPSA) is 29.5 Å². The average molecular weight is 229 g/mol. The molecule has 96 valence electrons. The van der Waals surface area contributed by atoms with Crippen LogP contribution in [0.25, 0.3) is 0 Å². The normalized spacial score (nSPS) is 10.6. The van der Waals surface area contributed by atoms with E-state index < -0.39 is 0 Å². The first-order chi connectivity index (χ1) is 7.57. The van der Waals surface area contributed by atoms with Crippen LogP contribution in [-0.4, -0.2) is 30.7 Å². The Morgan fingerprint density at radius 1 is 1.12 bits per heavy atom. The molecule has 0 aliphatic carbocycles. The van der Waals surface area contributed by atoms with Gasteiger partial charge in [0.25, 0.3) is 0 Å². The van der Waals surface area contributed by atoms with E-state index in [-0.39, 0.29) is 12.2 Å². The molecule has 1 amide bonds. The summed E-state index contributed by atoms with van der Waals surface area (Å²) in [7, 11) is 1.80. The number of ether oxygens (including phenoxy) is 1. The van der Waals surface area contributed by atoms with Gasteiger partial charge >= 0.3 is 6.09 Å². The fraction of sp³-hybridized carbons (Fsp3) is 0.923. The Kier molecular flexibility index (Phi) is 9.06. The lowest BCUT2D eigenvalue weighted by Crippen LogP contribution is -2.30. The third-order valence-electron chi connectivity index (χ3n) is 2.50. The van der Waals surface area contributed by atoms with Gasteiger partial charge in [-0.2, -0.15) is 0 Å². The van der Waals surface area contributed by atoms with Crippen LogP contribution >= 0.6 is 0 Å². The summed E-state index contributed by atoms with van der Waals surface area (Å²) in [5.41, 5.74) is 0. The molecule has 3 nitrogen and oxygen atoms in total. The van der Waals surface area contributed by atoms with Crippen molar-refractivity contribution in [1.29, 1.82) is 0 Å². The van der Waals surface area contributed by atoms with Gasteiger partial charge in [0, 0.05) is 13.6 Å². The SMILES string of the molecule is CCCCCCCCN(C)C(=O)OC(C)C. The lowest BCUT2D eigenvalue weighted by Gasteiger charge is -2.18. The van der Waals surface area contributed by atoms with Crippen LogP contribution in [0, 0.1) is 0 Å². The van der Waals surface area contributed by atoms with Crippen LogP contribution in [0.2, 0.25) is 0 Å². The third kappa shape index (κ3) is 8.57. The van der Waals surface area contributed by atoms with E-state index in [1.54, 1.807) is 11.9 Å². The number of nitrogens with zero attached hydrogens (tertiary/aromatic N) is 1. The van der Waals surface area contributed by atoms with Crippen LogP contribution < -0.4 is 0 Å². The Hall–Kier alpha value is -0.730. The van der Waals surface area contributed by atoms with Crippen molar-refractivity contribution in [1.82, 2.24) is 4.90 Å². The predicted octanol–water partition coefficient (Wildman–Crippen LogP) is 3.82. The smallest absolute Gasteiger partial charge is 0.409 e. The highest BCUT2D eigenvalue weighted by Gasteiger charge is 2.10. The van der Waals surface area contributed by atoms with E-state index in [1.165, 1.54) is 32.1 Å². The van der Waals surface area contributed by atoms with Crippen molar-refractivity contribution in [3.8, 4) is 0 Å². The predicted molar refractivity (Wildman–Crippen MR) is 67.6 cm³/mol. The second-order valence-electron chi connectivity index (χ2n) is 4.62. The van der Waals surface area contributed by atoms with Gasteiger partial charge in [0.1, 0.15) is 0 Å². The summed E-state index contributed by atoms with van der Waals surface area (Å²) in [6.45, 7) is 6.76. The molecular weight excluding hydrogens is 202 g/mol. The van der Waals surface area contributed by atoms with E-state index in [0.29, 0.717) is 0 Å². The summed E-state index contributed by atoms with van der Waals surface area (Å²) in [6.07, 6.45) is 7.25. The fourth-order valence-corrected chi connectivity index (χ4v) is 1.51. The number of amides is 1. The largest absolute Gasteiger partial charge is 0.447 e. The van der Waals surface area contributed by atoms with E-state index >= 15 is 0 Å². The van der Waals surface area contributed by atoms with Crippen molar-refractivity contribution in [3.05, 3.63) is 0 Å². The number of hydrogen-bond acceptors (Lipinski definition) is 2. The van der Waals surface area contributed by atoms with Gasteiger partial charge in [-0.3, -0.25) is 0 Å². The van der Waals surface area contributed by atoms with Crippen molar-refractivity contribution in [2.45, 2.75) is 65.4 Å². The van der Waals surface area contributed by atoms with Crippen molar-refractivity contribution in [3.63, 3.8) is 0 Å². The molecule has 0 N–H and O–H groups in total. The first kappa shape index (κ1) is 15.3. The fourth-order valence-electron chi connectivity index (χ4n) is 1.51. The zero-order valence-corrected chi connectivity index (χ0v) is 11.3. The molecule has 0 aromatic heterocycles. The Morgan fingerprint density at radius 3 is 2.25 bits per heavy atom. The maximum absolute atomic E-state index is 11.4. The van der Waals surface area contributed by atoms with Gasteiger partial charge in [0.05, 0.1) is 6.10 Å². The zero-order chi connectivity index (χ0) is 12.4. The van der Waals surface area contributed by atoms with Gasteiger partial charge in [-0.1, -0.05) is 39.0 Å². The first-order valence-corrected chi connectivity index (χ1v) is 6.49. The van der Waals surface area contributed by atoms with Crippen molar-refractivity contribution < 1.29 is 9.53 Å². The maximum atomic E-state index is 11.4. The molecule has 0 heterocycles. The Bertz CT molecular complexity index is 181. The summed E-state index contributed by atoms with van der Waals surface area (Å²) in [6, 6.07) is 0. The molecule has 0 saturated heterocycles. The summed E-state index contributed by atoms with van der Waals surface area (Å²) in [5.74, 6) is 0. The number of unbranched alkanes of at least 4 members (excludes halogenated alkanes) is 5. The molecule has 0 saturated carbocycles. The Balaban J connectivity index is 3.42. The van der Waals surface area contributed by atoms with Gasteiger partial charge in [-0.25, -0.2) is 4.79 Å². The molecule has 0 aliphatic rings. The molecule has 3 heteroatoms. The van der Waals surface area contributed by atoms with Crippen LogP contribution in [0.3, 0.4) is 0 Å². The van der Waals surface area contributed by atoms with Crippen molar-refractivity contribution in [2.24, 2.45) is 0 Å². The molecule has 16 heavy (non-hydrogen) atoms. The molecule has 0 aromatic rings. The average Bonchev–Trinajstić information content (AvgIpc) is 2.21. The molecule has 0 unspecified atom stereocenters. The van der Waals surface area contributed by atoms with Gasteiger partial charge in [-0.15, -0.1) is 0 Å². The third-order valence-corrected chi connectivity index (χ3v) is 2.50. The number of carbonyl (C=O) groups is 1. The molecule has 0 bridgehead atoms. The highest BCUT2D eigenvalue weighted by molar-refractivity contribution is 5.67. The molecule has 0 aromatic carbocycles. The van der Waals surface area contributed by atoms with Crippen LogP contribution in [0.5, 0.6) is 0 Å². The quantitative estimate of drug-likeness (QED) is 0.592. The van der Waals surface area contributed by atoms with E-state index in [0.717, 1.165) is 13.0 Å². The molecule has 0 rings (SSSR count). The minimum atomic E-state index is -0.205. The van der Waals surface area contributed by atoms with Crippen LogP contribution in [0.4, 0.5) is 4.79 Å². The minimum absolute atomic E-state index is 0.0282. The molecule has 0 spiro atoms. The Morgan fingerprint density at radius 2 is 1.69 bits per heavy atom. The van der Waals surface area contributed by atoms with Crippen LogP contribution in [-0.2, 0) is 4.74 Å². The zero-order valence-electron chi connectivity index (χ0n) is 11.3. The molecule has 0 atom stereocenters. The lowest BCUT2D eigenvalue weighted by atomic mass is 10.1. The highest BCUT2D eigenvalue weighted by atomic mass is 16.6. The van der Waals surface area contributed by atoms with Gasteiger partial charge in [0.2, 0.25) is 0 Å². The van der Waals surface area contributed by atoms with E-state index in [9.17, 15) is 4.79 Å². The summed E-state index contributed by atoms with van der Waals surface area (Å²) >= 11 is 0. The molecule has 0 fully saturated rings. The molecular formula is C13H27NO2. The number of hydrogen-bond donors (Lipinski definition) is 0. The van der Waals surface area contributed by atoms with E-state index in [1.807, 2.05) is 13.8 Å². The van der Waals surface area contributed by atoms with Gasteiger partial charge < -0.3 is 9.64 Å². The summed E-state index contributed by atoms with van der Waals surface area (Å²) in [5, 5.41) is 0. The van der Waals surface area contributed by atoms with Crippen molar-refractivity contribution >= 4 is 6.09 Å². The Labute approximate surface area is 100 Å². The molecule has 0 aliphatic heterocycles. The number of rotatable bonds is 8. The summed E-state index contributed by atoms with van der Waals surface area (Å²) in [4.78, 5) is 13.1. The second-order valence-corrected chi connectivity index (χ2v) is 4.62. The maximum Gasteiger partial charge on any atom is 0.409 e. The van der Waals surface area contributed by atoms with Gasteiger partial charge in [0.15, 0.2) is 0 Å². The first-order valence-electron chi connectivity index (χ1n) is 6.49. The minimum Gasteiger partial charge on any atom is -0.447 e. The molecule has 0 radical (unpaired) electrons. The van der Waals surface area contributed by atoms with E-state index in [2.05, 4.69) is 6.92 Å². The standard InChI is InChI=1S/C13H27NO2/c1-5-6-7-8-9-10-11-14(4)13(15)16-12(2)3/h12H,5-11H2,1-4H3. The lowest BCUT2D eigenvalue weighted by molar-refractivity contribution is 0.0836. The van der Waals surface area contributed by atoms with E-state index in [4.69, 9.17) is 4.74 Å². The van der Waals surface area contributed by atoms with Crippen LogP contribution in [0.1, 0.15) is 59.3 Å². The number of carbonyl (C=O) groups excluding carboxylic acids is 1. The van der Waals surface area contributed by atoms with Crippen LogP contribution in [0.15, 0.2) is 0 Å². The van der Waals surface area contributed by atoms with Gasteiger partial charge in [-0.05, 0) is 20.3 Å². The highest BCUT2D eigenvalue weighted by Crippen LogP contribution is 2.06. The monoisotopic (exact) mass is 229 g/mol. The van der Waals surface area contributed by atoms with Crippen molar-refractivity contribution in [2.75, 3.05) is 13.6 Å². The second kappa shape index (κ2) is 9.49. The summed E-state index contributed by atoms with van der Waals surface area (Å²) < 4.78 is 5.09.